The Morgan fingerprint density at radius 2 is 1.91 bits per heavy atom. The molecule has 7 nitrogen and oxygen atoms in total. The van der Waals surface area contributed by atoms with Crippen molar-refractivity contribution >= 4 is 17.5 Å². The molecule has 1 amide bonds. The van der Waals surface area contributed by atoms with Crippen molar-refractivity contribution in [1.82, 2.24) is 9.78 Å². The van der Waals surface area contributed by atoms with Gasteiger partial charge in [-0.05, 0) is 32.4 Å². The fraction of sp³-hybridized carbons (Fsp3) is 0.320. The lowest BCUT2D eigenvalue weighted by Crippen LogP contribution is -2.24. The summed E-state index contributed by atoms with van der Waals surface area (Å²) >= 11 is 0. The lowest BCUT2D eigenvalue weighted by atomic mass is 9.99. The zero-order valence-corrected chi connectivity index (χ0v) is 19.4. The van der Waals surface area contributed by atoms with E-state index in [1.54, 1.807) is 37.0 Å². The molecule has 178 valence electrons. The summed E-state index contributed by atoms with van der Waals surface area (Å²) in [5.74, 6) is -2.11. The number of carbonyl (C=O) groups excluding carboxylic acids is 2. The van der Waals surface area contributed by atoms with E-state index < -0.39 is 34.5 Å². The van der Waals surface area contributed by atoms with Gasteiger partial charge in [0.15, 0.2) is 11.6 Å². The van der Waals surface area contributed by atoms with E-state index in [9.17, 15) is 18.4 Å². The van der Waals surface area contributed by atoms with Crippen molar-refractivity contribution < 1.29 is 27.8 Å². The van der Waals surface area contributed by atoms with E-state index in [0.717, 1.165) is 12.1 Å². The number of ether oxygens (including phenoxy) is 2. The molecule has 0 saturated carbocycles. The highest BCUT2D eigenvalue weighted by Crippen LogP contribution is 2.43. The Bertz CT molecular complexity index is 1260. The Hall–Kier alpha value is -3.75. The van der Waals surface area contributed by atoms with Crippen LogP contribution in [-0.2, 0) is 13.5 Å². The van der Waals surface area contributed by atoms with Crippen molar-refractivity contribution in [2.45, 2.75) is 45.6 Å². The van der Waals surface area contributed by atoms with E-state index in [0.29, 0.717) is 30.0 Å². The van der Waals surface area contributed by atoms with Gasteiger partial charge >= 0.3 is 0 Å². The summed E-state index contributed by atoms with van der Waals surface area (Å²) in [4.78, 5) is 24.9. The molecule has 2 heterocycles. The molecule has 1 aliphatic rings. The van der Waals surface area contributed by atoms with Crippen LogP contribution in [0.1, 0.15) is 59.9 Å². The average Bonchev–Trinajstić information content (AvgIpc) is 3.28. The third-order valence-corrected chi connectivity index (χ3v) is 5.37. The zero-order chi connectivity index (χ0) is 24.6. The van der Waals surface area contributed by atoms with Gasteiger partial charge in [0, 0.05) is 55.4 Å². The van der Waals surface area contributed by atoms with Crippen molar-refractivity contribution in [3.63, 3.8) is 0 Å². The second-order valence-electron chi connectivity index (χ2n) is 8.86. The highest BCUT2D eigenvalue weighted by molar-refractivity contribution is 6.04. The molecule has 9 heteroatoms. The standard InChI is InChI=1S/C25H25F2N3O4/c1-5-6-19(31)23-17(26)11-15(12-18(23)27)33-20-9-14(10-21-16(20)13-25(2,3)34-21)24(32)28-22-7-8-30(4)29-22/h7-12H,5-6,13H2,1-4H3,(H,28,29,32). The van der Waals surface area contributed by atoms with Crippen LogP contribution in [0.2, 0.25) is 0 Å². The van der Waals surface area contributed by atoms with Gasteiger partial charge in [-0.3, -0.25) is 14.3 Å². The number of Topliss-reactive ketones (excluding diaryl/α,β-unsaturated/α-hetero) is 1. The normalized spacial score (nSPS) is 13.8. The fourth-order valence-corrected chi connectivity index (χ4v) is 3.89. The molecule has 0 bridgehead atoms. The molecule has 0 spiro atoms. The van der Waals surface area contributed by atoms with Gasteiger partial charge in [0.25, 0.3) is 5.91 Å². The first-order valence-corrected chi connectivity index (χ1v) is 10.9. The lowest BCUT2D eigenvalue weighted by molar-refractivity contribution is 0.0972. The Balaban J connectivity index is 1.69. The van der Waals surface area contributed by atoms with E-state index in [2.05, 4.69) is 10.4 Å². The van der Waals surface area contributed by atoms with Crippen LogP contribution < -0.4 is 14.8 Å². The van der Waals surface area contributed by atoms with E-state index in [1.165, 1.54) is 6.07 Å². The SMILES string of the molecule is CCCC(=O)c1c(F)cc(Oc2cc(C(=O)Nc3ccn(C)n3)cc3c2CC(C)(C)O3)cc1F. The molecule has 2 aromatic carbocycles. The van der Waals surface area contributed by atoms with Crippen LogP contribution in [0.4, 0.5) is 14.6 Å². The number of aryl methyl sites for hydroxylation is 1. The van der Waals surface area contributed by atoms with Crippen LogP contribution in [0.15, 0.2) is 36.5 Å². The Labute approximate surface area is 195 Å². The highest BCUT2D eigenvalue weighted by atomic mass is 19.1. The molecule has 0 atom stereocenters. The highest BCUT2D eigenvalue weighted by Gasteiger charge is 2.34. The first-order valence-electron chi connectivity index (χ1n) is 10.9. The maximum absolute atomic E-state index is 14.6. The molecule has 1 aromatic heterocycles. The number of rotatable bonds is 7. The van der Waals surface area contributed by atoms with Crippen LogP contribution in [0.5, 0.6) is 17.2 Å². The minimum absolute atomic E-state index is 0.0431. The Morgan fingerprint density at radius 3 is 2.53 bits per heavy atom. The number of amides is 1. The molecular formula is C25H25F2N3O4. The number of aromatic nitrogens is 2. The number of ketones is 1. The van der Waals surface area contributed by atoms with Crippen molar-refractivity contribution in [2.75, 3.05) is 5.32 Å². The summed E-state index contributed by atoms with van der Waals surface area (Å²) in [5, 5.41) is 6.82. The number of nitrogens with zero attached hydrogens (tertiary/aromatic N) is 2. The number of halogens is 2. The van der Waals surface area contributed by atoms with Gasteiger partial charge < -0.3 is 14.8 Å². The average molecular weight is 469 g/mol. The van der Waals surface area contributed by atoms with Gasteiger partial charge in [-0.15, -0.1) is 0 Å². The summed E-state index contributed by atoms with van der Waals surface area (Å²) in [6.45, 7) is 5.53. The number of hydrogen-bond acceptors (Lipinski definition) is 5. The largest absolute Gasteiger partial charge is 0.487 e. The molecule has 0 unspecified atom stereocenters. The minimum Gasteiger partial charge on any atom is -0.487 e. The molecule has 0 radical (unpaired) electrons. The monoisotopic (exact) mass is 469 g/mol. The van der Waals surface area contributed by atoms with Gasteiger partial charge in [0.05, 0.1) is 5.56 Å². The lowest BCUT2D eigenvalue weighted by Gasteiger charge is -2.16. The second kappa shape index (κ2) is 8.89. The number of fused-ring (bicyclic) bond motifs is 1. The molecule has 4 rings (SSSR count). The van der Waals surface area contributed by atoms with Crippen molar-refractivity contribution in [2.24, 2.45) is 7.05 Å². The molecule has 0 aliphatic carbocycles. The smallest absolute Gasteiger partial charge is 0.257 e. The maximum Gasteiger partial charge on any atom is 0.257 e. The van der Waals surface area contributed by atoms with E-state index in [4.69, 9.17) is 9.47 Å². The van der Waals surface area contributed by atoms with Crippen LogP contribution in [0, 0.1) is 11.6 Å². The van der Waals surface area contributed by atoms with Gasteiger partial charge in [0.1, 0.15) is 34.5 Å². The van der Waals surface area contributed by atoms with Gasteiger partial charge in [0.2, 0.25) is 0 Å². The Kier molecular flexibility index (Phi) is 6.12. The summed E-state index contributed by atoms with van der Waals surface area (Å²) in [7, 11) is 1.73. The van der Waals surface area contributed by atoms with Crippen LogP contribution >= 0.6 is 0 Å². The van der Waals surface area contributed by atoms with E-state index in [1.807, 2.05) is 13.8 Å². The molecule has 34 heavy (non-hydrogen) atoms. The maximum atomic E-state index is 14.6. The van der Waals surface area contributed by atoms with Crippen LogP contribution in [0.25, 0.3) is 0 Å². The number of hydrogen-bond donors (Lipinski definition) is 1. The number of carbonyl (C=O) groups is 2. The predicted molar refractivity (Wildman–Crippen MR) is 122 cm³/mol. The van der Waals surface area contributed by atoms with Crippen molar-refractivity contribution in [1.29, 1.82) is 0 Å². The summed E-state index contributed by atoms with van der Waals surface area (Å²) in [6, 6.07) is 6.69. The minimum atomic E-state index is -0.995. The molecular weight excluding hydrogens is 444 g/mol. The van der Waals surface area contributed by atoms with Crippen LogP contribution in [0.3, 0.4) is 0 Å². The van der Waals surface area contributed by atoms with Crippen molar-refractivity contribution in [3.05, 3.63) is 64.9 Å². The second-order valence-corrected chi connectivity index (χ2v) is 8.86. The van der Waals surface area contributed by atoms with Gasteiger partial charge in [-0.25, -0.2) is 8.78 Å². The molecule has 1 aliphatic heterocycles. The topological polar surface area (TPSA) is 82.5 Å². The summed E-state index contributed by atoms with van der Waals surface area (Å²) in [5.41, 5.74) is -0.227. The quantitative estimate of drug-likeness (QED) is 0.466. The first kappa shape index (κ1) is 23.4. The third-order valence-electron chi connectivity index (χ3n) is 5.37. The number of benzene rings is 2. The molecule has 0 fully saturated rings. The molecule has 1 N–H and O–H groups in total. The number of nitrogens with one attached hydrogen (secondary N) is 1. The molecule has 0 saturated heterocycles. The summed E-state index contributed by atoms with van der Waals surface area (Å²) < 4.78 is 42.6. The first-order chi connectivity index (χ1) is 16.1. The third kappa shape index (κ3) is 4.78. The number of anilines is 1. The fourth-order valence-electron chi connectivity index (χ4n) is 3.89. The van der Waals surface area contributed by atoms with Gasteiger partial charge in [-0.1, -0.05) is 6.92 Å². The van der Waals surface area contributed by atoms with Gasteiger partial charge in [-0.2, -0.15) is 5.10 Å². The summed E-state index contributed by atoms with van der Waals surface area (Å²) in [6.07, 6.45) is 2.68. The molecule has 3 aromatic rings. The predicted octanol–water partition coefficient (Wildman–Crippen LogP) is 5.44. The van der Waals surface area contributed by atoms with E-state index in [-0.39, 0.29) is 23.5 Å². The zero-order valence-electron chi connectivity index (χ0n) is 19.4. The van der Waals surface area contributed by atoms with Crippen molar-refractivity contribution in [3.8, 4) is 17.2 Å². The van der Waals surface area contributed by atoms with Crippen LogP contribution in [-0.4, -0.2) is 27.1 Å². The van der Waals surface area contributed by atoms with E-state index >= 15 is 0 Å². The Morgan fingerprint density at radius 1 is 1.21 bits per heavy atom.